The zero-order valence-corrected chi connectivity index (χ0v) is 11.2. The summed E-state index contributed by atoms with van der Waals surface area (Å²) in [6, 6.07) is 8.53. The monoisotopic (exact) mass is 253 g/mol. The Hall–Kier alpha value is -1.57. The molecular formula is C17H19NO. The average Bonchev–Trinajstić information content (AvgIpc) is 2.93. The predicted octanol–water partition coefficient (Wildman–Crippen LogP) is 3.04. The predicted molar refractivity (Wildman–Crippen MR) is 74.9 cm³/mol. The first-order valence-corrected chi connectivity index (χ1v) is 7.26. The average molecular weight is 253 g/mol. The van der Waals surface area contributed by atoms with Crippen molar-refractivity contribution >= 4 is 5.91 Å². The molecule has 2 unspecified atom stereocenters. The zero-order chi connectivity index (χ0) is 13.0. The number of nitrogens with zero attached hydrogens (tertiary/aromatic N) is 1. The highest BCUT2D eigenvalue weighted by Gasteiger charge is 2.54. The maximum atomic E-state index is 12.6. The number of hydrogen-bond acceptors (Lipinski definition) is 1. The van der Waals surface area contributed by atoms with Gasteiger partial charge in [0, 0.05) is 12.5 Å². The van der Waals surface area contributed by atoms with Gasteiger partial charge in [-0.15, -0.1) is 0 Å². The molecule has 2 heterocycles. The van der Waals surface area contributed by atoms with Crippen molar-refractivity contribution < 1.29 is 4.79 Å². The molecule has 1 aromatic rings. The summed E-state index contributed by atoms with van der Waals surface area (Å²) in [5, 5.41) is 0. The fourth-order valence-electron chi connectivity index (χ4n) is 4.62. The van der Waals surface area contributed by atoms with E-state index in [1.807, 2.05) is 0 Å². The van der Waals surface area contributed by atoms with Crippen LogP contribution in [0.25, 0.3) is 0 Å². The van der Waals surface area contributed by atoms with Crippen molar-refractivity contribution in [2.24, 2.45) is 0 Å². The second-order valence-corrected chi connectivity index (χ2v) is 6.31. The van der Waals surface area contributed by atoms with Gasteiger partial charge in [0.05, 0.1) is 12.0 Å². The van der Waals surface area contributed by atoms with E-state index in [0.29, 0.717) is 18.2 Å². The van der Waals surface area contributed by atoms with E-state index in [1.165, 1.54) is 16.7 Å². The number of hydrogen-bond donors (Lipinski definition) is 0. The van der Waals surface area contributed by atoms with Crippen LogP contribution in [0.2, 0.25) is 0 Å². The van der Waals surface area contributed by atoms with Crippen molar-refractivity contribution in [2.75, 3.05) is 6.54 Å². The van der Waals surface area contributed by atoms with Crippen LogP contribution in [0.15, 0.2) is 36.4 Å². The molecule has 2 aliphatic heterocycles. The molecule has 3 aliphatic rings. The third-order valence-corrected chi connectivity index (χ3v) is 5.30. The lowest BCUT2D eigenvalue weighted by Crippen LogP contribution is -2.47. The minimum Gasteiger partial charge on any atom is -0.336 e. The summed E-state index contributed by atoms with van der Waals surface area (Å²) in [6.07, 6.45) is 4.95. The molecule has 1 saturated carbocycles. The van der Waals surface area contributed by atoms with Gasteiger partial charge in [-0.25, -0.2) is 0 Å². The summed E-state index contributed by atoms with van der Waals surface area (Å²) >= 11 is 0. The Bertz CT molecular complexity index is 576. The van der Waals surface area contributed by atoms with Gasteiger partial charge in [-0.2, -0.15) is 0 Å². The fraction of sp³-hybridized carbons (Fsp3) is 0.471. The highest BCUT2D eigenvalue weighted by molar-refractivity contribution is 5.82. The van der Waals surface area contributed by atoms with E-state index in [9.17, 15) is 4.79 Å². The van der Waals surface area contributed by atoms with Crippen LogP contribution in [-0.4, -0.2) is 22.9 Å². The largest absolute Gasteiger partial charge is 0.336 e. The van der Waals surface area contributed by atoms with Crippen LogP contribution in [0, 0.1) is 0 Å². The van der Waals surface area contributed by atoms with Crippen LogP contribution in [-0.2, 0) is 11.2 Å². The van der Waals surface area contributed by atoms with E-state index >= 15 is 0 Å². The molecule has 98 valence electrons. The topological polar surface area (TPSA) is 20.3 Å². The molecule has 19 heavy (non-hydrogen) atoms. The second-order valence-electron chi connectivity index (χ2n) is 6.31. The molecule has 0 aromatic heterocycles. The summed E-state index contributed by atoms with van der Waals surface area (Å²) in [7, 11) is 0. The quantitative estimate of drug-likeness (QED) is 0.651. The van der Waals surface area contributed by atoms with Gasteiger partial charge in [-0.3, -0.25) is 4.79 Å². The molecule has 2 atom stereocenters. The minimum atomic E-state index is 0.0563. The van der Waals surface area contributed by atoms with Gasteiger partial charge >= 0.3 is 0 Å². The van der Waals surface area contributed by atoms with Gasteiger partial charge < -0.3 is 4.90 Å². The molecule has 2 heteroatoms. The van der Waals surface area contributed by atoms with Crippen molar-refractivity contribution in [1.29, 1.82) is 0 Å². The SMILES string of the molecule is C=C1CC2c3ccccc3CC(=O)N3CCCC23C1. The van der Waals surface area contributed by atoms with Gasteiger partial charge in [0.15, 0.2) is 0 Å². The first kappa shape index (κ1) is 11.3. The smallest absolute Gasteiger partial charge is 0.227 e. The molecular weight excluding hydrogens is 234 g/mol. The van der Waals surface area contributed by atoms with Crippen LogP contribution in [0.4, 0.5) is 0 Å². The maximum Gasteiger partial charge on any atom is 0.227 e. The third-order valence-electron chi connectivity index (χ3n) is 5.30. The van der Waals surface area contributed by atoms with E-state index in [-0.39, 0.29) is 5.54 Å². The first-order chi connectivity index (χ1) is 9.21. The van der Waals surface area contributed by atoms with Gasteiger partial charge in [-0.05, 0) is 36.8 Å². The highest BCUT2D eigenvalue weighted by atomic mass is 16.2. The van der Waals surface area contributed by atoms with Gasteiger partial charge in [-0.1, -0.05) is 36.4 Å². The Labute approximate surface area is 114 Å². The zero-order valence-electron chi connectivity index (χ0n) is 11.2. The van der Waals surface area contributed by atoms with Crippen molar-refractivity contribution in [1.82, 2.24) is 4.90 Å². The Morgan fingerprint density at radius 3 is 3.05 bits per heavy atom. The van der Waals surface area contributed by atoms with Crippen LogP contribution < -0.4 is 0 Å². The van der Waals surface area contributed by atoms with E-state index < -0.39 is 0 Å². The van der Waals surface area contributed by atoms with E-state index in [1.54, 1.807) is 0 Å². The summed E-state index contributed by atoms with van der Waals surface area (Å²) in [5.74, 6) is 0.798. The summed E-state index contributed by atoms with van der Waals surface area (Å²) in [6.45, 7) is 5.17. The summed E-state index contributed by atoms with van der Waals surface area (Å²) in [5.41, 5.74) is 4.02. The number of rotatable bonds is 0. The molecule has 0 bridgehead atoms. The lowest BCUT2D eigenvalue weighted by atomic mass is 9.79. The van der Waals surface area contributed by atoms with Gasteiger partial charge in [0.2, 0.25) is 5.91 Å². The number of amides is 1. The lowest BCUT2D eigenvalue weighted by molar-refractivity contribution is -0.134. The summed E-state index contributed by atoms with van der Waals surface area (Å²) in [4.78, 5) is 14.8. The molecule has 1 spiro atoms. The standard InChI is InChI=1S/C17H19NO/c1-12-9-15-14-6-3-2-5-13(14)10-16(19)18-8-4-7-17(15,18)11-12/h2-3,5-6,15H,1,4,7-11H2. The van der Waals surface area contributed by atoms with Crippen LogP contribution >= 0.6 is 0 Å². The molecule has 1 amide bonds. The first-order valence-electron chi connectivity index (χ1n) is 7.26. The Kier molecular flexibility index (Phi) is 2.21. The van der Waals surface area contributed by atoms with Crippen molar-refractivity contribution in [3.63, 3.8) is 0 Å². The number of benzene rings is 1. The third kappa shape index (κ3) is 1.40. The molecule has 2 fully saturated rings. The Morgan fingerprint density at radius 1 is 1.32 bits per heavy atom. The molecule has 1 aliphatic carbocycles. The maximum absolute atomic E-state index is 12.6. The van der Waals surface area contributed by atoms with Crippen LogP contribution in [0.3, 0.4) is 0 Å². The number of fused-ring (bicyclic) bond motifs is 2. The second kappa shape index (κ2) is 3.72. The molecule has 1 aromatic carbocycles. The van der Waals surface area contributed by atoms with Gasteiger partial charge in [0.25, 0.3) is 0 Å². The fourth-order valence-corrected chi connectivity index (χ4v) is 4.62. The molecule has 1 saturated heterocycles. The molecule has 4 rings (SSSR count). The van der Waals surface area contributed by atoms with E-state index in [2.05, 4.69) is 35.7 Å². The van der Waals surface area contributed by atoms with Gasteiger partial charge in [0.1, 0.15) is 0 Å². The Balaban J connectivity index is 1.94. The van der Waals surface area contributed by atoms with E-state index in [4.69, 9.17) is 0 Å². The summed E-state index contributed by atoms with van der Waals surface area (Å²) < 4.78 is 0. The van der Waals surface area contributed by atoms with Crippen molar-refractivity contribution in [3.8, 4) is 0 Å². The molecule has 2 nitrogen and oxygen atoms in total. The van der Waals surface area contributed by atoms with Crippen LogP contribution in [0.1, 0.15) is 42.7 Å². The normalized spacial score (nSPS) is 32.8. The van der Waals surface area contributed by atoms with Crippen LogP contribution in [0.5, 0.6) is 0 Å². The van der Waals surface area contributed by atoms with Crippen molar-refractivity contribution in [3.05, 3.63) is 47.5 Å². The Morgan fingerprint density at radius 2 is 2.16 bits per heavy atom. The van der Waals surface area contributed by atoms with E-state index in [0.717, 1.165) is 32.2 Å². The number of carbonyl (C=O) groups is 1. The van der Waals surface area contributed by atoms with Crippen molar-refractivity contribution in [2.45, 2.75) is 43.6 Å². The minimum absolute atomic E-state index is 0.0563. The lowest BCUT2D eigenvalue weighted by Gasteiger charge is -2.38. The highest BCUT2D eigenvalue weighted by Crippen LogP contribution is 2.55. The molecule has 0 N–H and O–H groups in total. The number of carbonyl (C=O) groups excluding carboxylic acids is 1. The molecule has 0 radical (unpaired) electrons.